The van der Waals surface area contributed by atoms with Gasteiger partial charge in [-0.05, 0) is 39.7 Å². The zero-order valence-electron chi connectivity index (χ0n) is 7.91. The van der Waals surface area contributed by atoms with Gasteiger partial charge in [0, 0.05) is 6.04 Å². The van der Waals surface area contributed by atoms with Gasteiger partial charge in [0.1, 0.15) is 0 Å². The van der Waals surface area contributed by atoms with E-state index in [0.717, 1.165) is 6.04 Å². The van der Waals surface area contributed by atoms with Gasteiger partial charge in [0.05, 0.1) is 0 Å². The molecule has 0 aromatic carbocycles. The SMILES string of the molecule is CCCNC1CC(C)=C(C)C1. The summed E-state index contributed by atoms with van der Waals surface area (Å²) < 4.78 is 0. The Kier molecular flexibility index (Phi) is 3.13. The van der Waals surface area contributed by atoms with E-state index in [9.17, 15) is 0 Å². The van der Waals surface area contributed by atoms with Crippen LogP contribution in [0.3, 0.4) is 0 Å². The van der Waals surface area contributed by atoms with Crippen molar-refractivity contribution < 1.29 is 0 Å². The smallest absolute Gasteiger partial charge is 0.0141 e. The second-order valence-corrected chi connectivity index (χ2v) is 3.62. The van der Waals surface area contributed by atoms with Gasteiger partial charge in [-0.15, -0.1) is 0 Å². The Morgan fingerprint density at radius 1 is 1.27 bits per heavy atom. The normalized spacial score (nSPS) is 19.9. The lowest BCUT2D eigenvalue weighted by Gasteiger charge is -2.10. The molecule has 1 aliphatic rings. The van der Waals surface area contributed by atoms with E-state index in [0.29, 0.717) is 0 Å². The van der Waals surface area contributed by atoms with E-state index in [1.807, 2.05) is 0 Å². The summed E-state index contributed by atoms with van der Waals surface area (Å²) in [6.45, 7) is 7.90. The first-order chi connectivity index (χ1) is 5.24. The number of hydrogen-bond acceptors (Lipinski definition) is 1. The maximum absolute atomic E-state index is 3.55. The molecule has 0 aliphatic heterocycles. The summed E-state index contributed by atoms with van der Waals surface area (Å²) in [5.74, 6) is 0. The van der Waals surface area contributed by atoms with E-state index in [1.165, 1.54) is 25.8 Å². The molecule has 0 aromatic rings. The molecule has 1 N–H and O–H groups in total. The summed E-state index contributed by atoms with van der Waals surface area (Å²) in [5.41, 5.74) is 3.19. The average Bonchev–Trinajstić information content (AvgIpc) is 2.28. The molecule has 1 aliphatic carbocycles. The predicted molar refractivity (Wildman–Crippen MR) is 49.7 cm³/mol. The van der Waals surface area contributed by atoms with Crippen molar-refractivity contribution in [1.29, 1.82) is 0 Å². The topological polar surface area (TPSA) is 12.0 Å². The molecule has 0 unspecified atom stereocenters. The van der Waals surface area contributed by atoms with Crippen molar-refractivity contribution in [2.24, 2.45) is 0 Å². The Bertz CT molecular complexity index is 144. The Balaban J connectivity index is 2.24. The molecule has 0 heterocycles. The summed E-state index contributed by atoms with van der Waals surface area (Å²) >= 11 is 0. The van der Waals surface area contributed by atoms with E-state index in [1.54, 1.807) is 11.1 Å². The molecular formula is C10H19N. The molecule has 0 bridgehead atoms. The maximum Gasteiger partial charge on any atom is 0.0141 e. The highest BCUT2D eigenvalue weighted by atomic mass is 14.9. The molecule has 11 heavy (non-hydrogen) atoms. The summed E-state index contributed by atoms with van der Waals surface area (Å²) in [7, 11) is 0. The molecular weight excluding hydrogens is 134 g/mol. The van der Waals surface area contributed by atoms with Crippen LogP contribution < -0.4 is 5.32 Å². The van der Waals surface area contributed by atoms with Gasteiger partial charge in [-0.1, -0.05) is 18.1 Å². The van der Waals surface area contributed by atoms with Gasteiger partial charge in [0.25, 0.3) is 0 Å². The van der Waals surface area contributed by atoms with Gasteiger partial charge in [-0.25, -0.2) is 0 Å². The number of nitrogens with one attached hydrogen (secondary N) is 1. The van der Waals surface area contributed by atoms with Crippen LogP contribution in [0.2, 0.25) is 0 Å². The Morgan fingerprint density at radius 3 is 2.27 bits per heavy atom. The first-order valence-corrected chi connectivity index (χ1v) is 4.62. The largest absolute Gasteiger partial charge is 0.313 e. The number of rotatable bonds is 3. The van der Waals surface area contributed by atoms with Gasteiger partial charge in [0.2, 0.25) is 0 Å². The summed E-state index contributed by atoms with van der Waals surface area (Å²) in [5, 5.41) is 3.55. The highest BCUT2D eigenvalue weighted by molar-refractivity contribution is 5.18. The van der Waals surface area contributed by atoms with Crippen molar-refractivity contribution in [2.75, 3.05) is 6.54 Å². The van der Waals surface area contributed by atoms with Crippen molar-refractivity contribution in [2.45, 2.75) is 46.1 Å². The van der Waals surface area contributed by atoms with Crippen LogP contribution in [0.5, 0.6) is 0 Å². The zero-order valence-corrected chi connectivity index (χ0v) is 7.91. The molecule has 64 valence electrons. The lowest BCUT2D eigenvalue weighted by atomic mass is 10.2. The van der Waals surface area contributed by atoms with Crippen molar-refractivity contribution in [3.63, 3.8) is 0 Å². The molecule has 0 fully saturated rings. The van der Waals surface area contributed by atoms with Crippen LogP contribution in [-0.2, 0) is 0 Å². The molecule has 0 saturated heterocycles. The molecule has 1 nitrogen and oxygen atoms in total. The Hall–Kier alpha value is -0.300. The van der Waals surface area contributed by atoms with Gasteiger partial charge in [0.15, 0.2) is 0 Å². The van der Waals surface area contributed by atoms with Crippen LogP contribution in [0.1, 0.15) is 40.0 Å². The molecule has 0 radical (unpaired) electrons. The van der Waals surface area contributed by atoms with E-state index >= 15 is 0 Å². The minimum absolute atomic E-state index is 0.745. The summed E-state index contributed by atoms with van der Waals surface area (Å²) in [6.07, 6.45) is 3.78. The fourth-order valence-electron chi connectivity index (χ4n) is 1.65. The Morgan fingerprint density at radius 2 is 1.82 bits per heavy atom. The van der Waals surface area contributed by atoms with Crippen molar-refractivity contribution in [1.82, 2.24) is 5.32 Å². The van der Waals surface area contributed by atoms with Crippen molar-refractivity contribution in [3.05, 3.63) is 11.1 Å². The van der Waals surface area contributed by atoms with E-state index in [4.69, 9.17) is 0 Å². The third kappa shape index (κ3) is 2.33. The quantitative estimate of drug-likeness (QED) is 0.614. The minimum Gasteiger partial charge on any atom is -0.313 e. The molecule has 0 aromatic heterocycles. The summed E-state index contributed by atoms with van der Waals surface area (Å²) in [6, 6.07) is 0.745. The lowest BCUT2D eigenvalue weighted by molar-refractivity contribution is 0.528. The van der Waals surface area contributed by atoms with Gasteiger partial charge in [-0.2, -0.15) is 0 Å². The van der Waals surface area contributed by atoms with E-state index in [-0.39, 0.29) is 0 Å². The first kappa shape index (κ1) is 8.79. The fraction of sp³-hybridized carbons (Fsp3) is 0.800. The fourth-order valence-corrected chi connectivity index (χ4v) is 1.65. The van der Waals surface area contributed by atoms with Crippen LogP contribution >= 0.6 is 0 Å². The van der Waals surface area contributed by atoms with Crippen LogP contribution in [-0.4, -0.2) is 12.6 Å². The predicted octanol–water partition coefficient (Wildman–Crippen LogP) is 2.48. The minimum atomic E-state index is 0.745. The average molecular weight is 153 g/mol. The second kappa shape index (κ2) is 3.91. The van der Waals surface area contributed by atoms with E-state index in [2.05, 4.69) is 26.1 Å². The molecule has 0 spiro atoms. The van der Waals surface area contributed by atoms with Gasteiger partial charge < -0.3 is 5.32 Å². The van der Waals surface area contributed by atoms with E-state index < -0.39 is 0 Å². The standard InChI is InChI=1S/C10H19N/c1-4-5-11-10-6-8(2)9(3)7-10/h10-11H,4-7H2,1-3H3. The third-order valence-corrected chi connectivity index (χ3v) is 2.52. The molecule has 1 rings (SSSR count). The maximum atomic E-state index is 3.55. The van der Waals surface area contributed by atoms with Gasteiger partial charge in [-0.3, -0.25) is 0 Å². The monoisotopic (exact) mass is 153 g/mol. The molecule has 0 amide bonds. The highest BCUT2D eigenvalue weighted by Crippen LogP contribution is 2.24. The van der Waals surface area contributed by atoms with Crippen LogP contribution in [0.4, 0.5) is 0 Å². The van der Waals surface area contributed by atoms with Crippen LogP contribution in [0.15, 0.2) is 11.1 Å². The molecule has 1 heteroatoms. The third-order valence-electron chi connectivity index (χ3n) is 2.52. The van der Waals surface area contributed by atoms with Crippen molar-refractivity contribution in [3.8, 4) is 0 Å². The zero-order chi connectivity index (χ0) is 8.27. The van der Waals surface area contributed by atoms with Crippen LogP contribution in [0.25, 0.3) is 0 Å². The lowest BCUT2D eigenvalue weighted by Crippen LogP contribution is -2.27. The second-order valence-electron chi connectivity index (χ2n) is 3.62. The Labute approximate surface area is 69.9 Å². The first-order valence-electron chi connectivity index (χ1n) is 4.62. The molecule has 0 atom stereocenters. The van der Waals surface area contributed by atoms with Gasteiger partial charge >= 0.3 is 0 Å². The number of hydrogen-bond donors (Lipinski definition) is 1. The molecule has 0 saturated carbocycles. The van der Waals surface area contributed by atoms with Crippen molar-refractivity contribution >= 4 is 0 Å². The highest BCUT2D eigenvalue weighted by Gasteiger charge is 2.17. The van der Waals surface area contributed by atoms with Crippen LogP contribution in [0, 0.1) is 0 Å². The summed E-state index contributed by atoms with van der Waals surface area (Å²) in [4.78, 5) is 0.